The fourth-order valence-electron chi connectivity index (χ4n) is 2.10. The number of nitrogen functional groups attached to an aromatic ring is 1. The molecule has 5 heteroatoms. The third-order valence-corrected chi connectivity index (χ3v) is 3.53. The van der Waals surface area contributed by atoms with Gasteiger partial charge >= 0.3 is 0 Å². The highest BCUT2D eigenvalue weighted by atomic mass is 79.9. The smallest absolute Gasteiger partial charge is 0.166 e. The Morgan fingerprint density at radius 3 is 2.67 bits per heavy atom. The van der Waals surface area contributed by atoms with Crippen molar-refractivity contribution in [2.75, 3.05) is 5.73 Å². The summed E-state index contributed by atoms with van der Waals surface area (Å²) in [5.41, 5.74) is 7.97. The van der Waals surface area contributed by atoms with Crippen LogP contribution >= 0.6 is 15.9 Å². The van der Waals surface area contributed by atoms with E-state index in [1.54, 1.807) is 30.3 Å². The maximum absolute atomic E-state index is 13.9. The predicted molar refractivity (Wildman–Crippen MR) is 85.1 cm³/mol. The highest BCUT2D eigenvalue weighted by Gasteiger charge is 2.10. The number of aryl methyl sites for hydroxylation is 1. The van der Waals surface area contributed by atoms with Crippen molar-refractivity contribution in [3.8, 4) is 11.5 Å². The fraction of sp³-hybridized carbons (Fsp3) is 0.0625. The number of rotatable bonds is 2. The fourth-order valence-corrected chi connectivity index (χ4v) is 2.43. The number of ether oxygens (including phenoxy) is 1. The molecule has 1 heterocycles. The van der Waals surface area contributed by atoms with Gasteiger partial charge in [0.05, 0.1) is 5.52 Å². The normalized spacial score (nSPS) is 10.8. The first-order valence-electron chi connectivity index (χ1n) is 6.33. The zero-order valence-corrected chi connectivity index (χ0v) is 12.8. The summed E-state index contributed by atoms with van der Waals surface area (Å²) in [6.07, 6.45) is 0. The van der Waals surface area contributed by atoms with Gasteiger partial charge in [-0.25, -0.2) is 4.39 Å². The maximum Gasteiger partial charge on any atom is 0.166 e. The van der Waals surface area contributed by atoms with Crippen LogP contribution < -0.4 is 10.5 Å². The molecule has 3 aromatic rings. The van der Waals surface area contributed by atoms with Gasteiger partial charge in [-0.15, -0.1) is 0 Å². The highest BCUT2D eigenvalue weighted by Crippen LogP contribution is 2.33. The first kappa shape index (κ1) is 13.8. The van der Waals surface area contributed by atoms with Crippen LogP contribution in [0.5, 0.6) is 11.5 Å². The molecule has 1 aromatic heterocycles. The molecule has 0 bridgehead atoms. The van der Waals surface area contributed by atoms with Gasteiger partial charge in [0.2, 0.25) is 0 Å². The average molecular weight is 347 g/mol. The minimum atomic E-state index is -0.434. The Kier molecular flexibility index (Phi) is 3.51. The van der Waals surface area contributed by atoms with Gasteiger partial charge < -0.3 is 10.5 Å². The second kappa shape index (κ2) is 5.33. The lowest BCUT2D eigenvalue weighted by Crippen LogP contribution is -1.94. The molecule has 0 fully saturated rings. The van der Waals surface area contributed by atoms with Crippen LogP contribution in [0.4, 0.5) is 10.1 Å². The van der Waals surface area contributed by atoms with Gasteiger partial charge in [-0.2, -0.15) is 0 Å². The number of nitrogens with two attached hydrogens (primary N) is 1. The molecule has 0 amide bonds. The molecule has 2 aromatic carbocycles. The number of pyridine rings is 1. The monoisotopic (exact) mass is 346 g/mol. The zero-order chi connectivity index (χ0) is 15.0. The van der Waals surface area contributed by atoms with Crippen LogP contribution in [-0.2, 0) is 0 Å². The summed E-state index contributed by atoms with van der Waals surface area (Å²) in [5, 5.41) is 0.753. The lowest BCUT2D eigenvalue weighted by Gasteiger charge is -2.11. The van der Waals surface area contributed by atoms with Crippen LogP contribution in [0.1, 0.15) is 5.69 Å². The molecule has 3 rings (SSSR count). The Labute approximate surface area is 129 Å². The number of nitrogens with zero attached hydrogens (tertiary/aromatic N) is 1. The van der Waals surface area contributed by atoms with Crippen LogP contribution in [0.15, 0.2) is 46.9 Å². The predicted octanol–water partition coefficient (Wildman–Crippen LogP) is 4.82. The van der Waals surface area contributed by atoms with Crippen LogP contribution in [0, 0.1) is 12.7 Å². The Balaban J connectivity index is 2.13. The summed E-state index contributed by atoms with van der Waals surface area (Å²) in [4.78, 5) is 4.42. The summed E-state index contributed by atoms with van der Waals surface area (Å²) < 4.78 is 20.3. The van der Waals surface area contributed by atoms with Gasteiger partial charge in [-0.05, 0) is 43.3 Å². The van der Waals surface area contributed by atoms with Crippen molar-refractivity contribution >= 4 is 32.5 Å². The van der Waals surface area contributed by atoms with Gasteiger partial charge in [-0.1, -0.05) is 15.9 Å². The maximum atomic E-state index is 13.9. The molecule has 106 valence electrons. The van der Waals surface area contributed by atoms with Crippen molar-refractivity contribution < 1.29 is 9.13 Å². The van der Waals surface area contributed by atoms with E-state index < -0.39 is 5.82 Å². The van der Waals surface area contributed by atoms with E-state index in [9.17, 15) is 4.39 Å². The number of halogens is 2. The van der Waals surface area contributed by atoms with E-state index in [-0.39, 0.29) is 5.75 Å². The topological polar surface area (TPSA) is 48.1 Å². The molecular formula is C16H12BrFN2O. The van der Waals surface area contributed by atoms with Gasteiger partial charge in [0.15, 0.2) is 11.6 Å². The summed E-state index contributed by atoms with van der Waals surface area (Å²) >= 11 is 3.22. The molecular weight excluding hydrogens is 335 g/mol. The number of aromatic nitrogens is 1. The average Bonchev–Trinajstić information content (AvgIpc) is 2.42. The second-order valence-electron chi connectivity index (χ2n) is 4.72. The van der Waals surface area contributed by atoms with Crippen LogP contribution in [0.25, 0.3) is 10.9 Å². The Bertz CT molecular complexity index is 836. The van der Waals surface area contributed by atoms with Crippen LogP contribution in [0.2, 0.25) is 0 Å². The van der Waals surface area contributed by atoms with Crippen molar-refractivity contribution in [1.82, 2.24) is 4.98 Å². The SMILES string of the molecule is Cc1cc(Oc2ccc(Br)cc2F)c2cc(N)ccc2n1. The third-order valence-electron chi connectivity index (χ3n) is 3.04. The highest BCUT2D eigenvalue weighted by molar-refractivity contribution is 9.10. The first-order valence-corrected chi connectivity index (χ1v) is 7.12. The molecule has 0 radical (unpaired) electrons. The Morgan fingerprint density at radius 1 is 1.10 bits per heavy atom. The van der Waals surface area contributed by atoms with E-state index in [0.29, 0.717) is 15.9 Å². The zero-order valence-electron chi connectivity index (χ0n) is 11.2. The summed E-state index contributed by atoms with van der Waals surface area (Å²) in [6, 6.07) is 11.8. The van der Waals surface area contributed by atoms with Crippen molar-refractivity contribution in [2.24, 2.45) is 0 Å². The van der Waals surface area contributed by atoms with E-state index in [1.165, 1.54) is 6.07 Å². The standard InChI is InChI=1S/C16H12BrFN2O/c1-9-6-16(12-8-11(19)3-4-14(12)20-9)21-15-5-2-10(17)7-13(15)18/h2-8H,19H2,1H3. The lowest BCUT2D eigenvalue weighted by atomic mass is 10.1. The van der Waals surface area contributed by atoms with E-state index in [2.05, 4.69) is 20.9 Å². The summed E-state index contributed by atoms with van der Waals surface area (Å²) in [5.74, 6) is 0.259. The lowest BCUT2D eigenvalue weighted by molar-refractivity contribution is 0.445. The second-order valence-corrected chi connectivity index (χ2v) is 5.63. The number of hydrogen-bond donors (Lipinski definition) is 1. The molecule has 0 saturated carbocycles. The molecule has 0 aliphatic rings. The first-order chi connectivity index (χ1) is 10.0. The van der Waals surface area contributed by atoms with Crippen molar-refractivity contribution in [3.63, 3.8) is 0 Å². The molecule has 0 aliphatic heterocycles. The molecule has 2 N–H and O–H groups in total. The molecule has 21 heavy (non-hydrogen) atoms. The number of anilines is 1. The van der Waals surface area contributed by atoms with Crippen LogP contribution in [-0.4, -0.2) is 4.98 Å². The largest absolute Gasteiger partial charge is 0.454 e. The summed E-state index contributed by atoms with van der Waals surface area (Å²) in [7, 11) is 0. The Morgan fingerprint density at radius 2 is 1.90 bits per heavy atom. The third kappa shape index (κ3) is 2.83. The Hall–Kier alpha value is -2.14. The van der Waals surface area contributed by atoms with Crippen molar-refractivity contribution in [3.05, 3.63) is 58.4 Å². The molecule has 0 aliphatic carbocycles. The number of fused-ring (bicyclic) bond motifs is 1. The molecule has 3 nitrogen and oxygen atoms in total. The van der Waals surface area contributed by atoms with Crippen LogP contribution in [0.3, 0.4) is 0 Å². The minimum absolute atomic E-state index is 0.160. The minimum Gasteiger partial charge on any atom is -0.454 e. The summed E-state index contributed by atoms with van der Waals surface area (Å²) in [6.45, 7) is 1.86. The van der Waals surface area contributed by atoms with E-state index in [4.69, 9.17) is 10.5 Å². The number of benzene rings is 2. The molecule has 0 atom stereocenters. The van der Waals surface area contributed by atoms with E-state index >= 15 is 0 Å². The molecule has 0 spiro atoms. The van der Waals surface area contributed by atoms with Gasteiger partial charge in [0, 0.05) is 27.3 Å². The van der Waals surface area contributed by atoms with E-state index in [0.717, 1.165) is 16.6 Å². The van der Waals surface area contributed by atoms with Gasteiger partial charge in [0.1, 0.15) is 5.75 Å². The quantitative estimate of drug-likeness (QED) is 0.676. The van der Waals surface area contributed by atoms with Crippen molar-refractivity contribution in [1.29, 1.82) is 0 Å². The molecule has 0 unspecified atom stereocenters. The van der Waals surface area contributed by atoms with E-state index in [1.807, 2.05) is 13.0 Å². The van der Waals surface area contributed by atoms with Gasteiger partial charge in [-0.3, -0.25) is 4.98 Å². The number of hydrogen-bond acceptors (Lipinski definition) is 3. The van der Waals surface area contributed by atoms with Gasteiger partial charge in [0.25, 0.3) is 0 Å². The van der Waals surface area contributed by atoms with Crippen molar-refractivity contribution in [2.45, 2.75) is 6.92 Å². The molecule has 0 saturated heterocycles.